The lowest BCUT2D eigenvalue weighted by Crippen LogP contribution is -2.75. The Balaban J connectivity index is 7.46. The van der Waals surface area contributed by atoms with Gasteiger partial charge in [-0.05, 0) is 50.4 Å². The minimum Gasteiger partial charge on any atom is -0.481 e. The van der Waals surface area contributed by atoms with Gasteiger partial charge in [-0.3, -0.25) is 4.79 Å². The van der Waals surface area contributed by atoms with Crippen LogP contribution >= 0.6 is 0 Å². The molecule has 7 nitrogen and oxygen atoms in total. The van der Waals surface area contributed by atoms with Crippen LogP contribution in [0.5, 0.6) is 0 Å². The first-order valence-corrected chi connectivity index (χ1v) is 26.5. The Morgan fingerprint density at radius 2 is 0.590 bits per heavy atom. The van der Waals surface area contributed by atoms with Gasteiger partial charge in [0, 0.05) is 0 Å². The molecule has 362 valence electrons. The summed E-state index contributed by atoms with van der Waals surface area (Å²) in [4.78, 5) is 42.0. The Morgan fingerprint density at radius 3 is 0.803 bits per heavy atom. The van der Waals surface area contributed by atoms with E-state index in [1.807, 2.05) is 6.92 Å². The van der Waals surface area contributed by atoms with Crippen molar-refractivity contribution in [3.05, 3.63) is 0 Å². The van der Waals surface area contributed by atoms with E-state index in [0.717, 1.165) is 135 Å². The number of halogens is 1. The summed E-state index contributed by atoms with van der Waals surface area (Å²) in [5.41, 5.74) is -9.91. The maximum Gasteiger partial charge on any atom is 0.345 e. The van der Waals surface area contributed by atoms with Crippen molar-refractivity contribution in [2.45, 2.75) is 303 Å². The Labute approximate surface area is 376 Å². The van der Waals surface area contributed by atoms with Gasteiger partial charge in [-0.2, -0.15) is 0 Å². The molecule has 61 heavy (non-hydrogen) atoms. The summed E-state index contributed by atoms with van der Waals surface area (Å²) in [6, 6.07) is 0. The summed E-state index contributed by atoms with van der Waals surface area (Å²) in [7, 11) is 0. The first-order chi connectivity index (χ1) is 29.4. The third-order valence-electron chi connectivity index (χ3n) is 14.2. The van der Waals surface area contributed by atoms with Crippen molar-refractivity contribution in [1.82, 2.24) is 0 Å². The van der Waals surface area contributed by atoms with E-state index in [-0.39, 0.29) is 6.42 Å². The normalized spacial score (nSPS) is 15.8. The Kier molecular flexibility index (Phi) is 36.6. The number of aliphatic carboxylic acids is 3. The van der Waals surface area contributed by atoms with E-state index in [4.69, 9.17) is 0 Å². The average Bonchev–Trinajstić information content (AvgIpc) is 3.23. The highest BCUT2D eigenvalue weighted by atomic mass is 19.1. The first kappa shape index (κ1) is 59.3. The van der Waals surface area contributed by atoms with Gasteiger partial charge >= 0.3 is 17.9 Å². The molecule has 0 heterocycles. The second kappa shape index (κ2) is 37.7. The van der Waals surface area contributed by atoms with E-state index in [1.54, 1.807) is 0 Å². The fourth-order valence-corrected chi connectivity index (χ4v) is 10.5. The van der Waals surface area contributed by atoms with Crippen molar-refractivity contribution in [3.63, 3.8) is 0 Å². The van der Waals surface area contributed by atoms with Gasteiger partial charge in [0.2, 0.25) is 11.3 Å². The van der Waals surface area contributed by atoms with Crippen LogP contribution in [-0.4, -0.2) is 49.6 Å². The van der Waals surface area contributed by atoms with Crippen molar-refractivity contribution in [3.8, 4) is 0 Å². The number of rotatable bonds is 47. The number of aliphatic hydroxyl groups is 1. The smallest absolute Gasteiger partial charge is 0.345 e. The van der Waals surface area contributed by atoms with Gasteiger partial charge in [0.15, 0.2) is 0 Å². The van der Waals surface area contributed by atoms with Crippen LogP contribution < -0.4 is 0 Å². The monoisotopic (exact) mass is 869 g/mol. The number of alkyl halides is 1. The summed E-state index contributed by atoms with van der Waals surface area (Å²) in [5, 5.41) is 47.1. The van der Waals surface area contributed by atoms with Crippen LogP contribution in [0.2, 0.25) is 0 Å². The van der Waals surface area contributed by atoms with Crippen molar-refractivity contribution < 1.29 is 39.2 Å². The molecule has 0 fully saturated rings. The number of carboxylic acid groups (broad SMARTS) is 3. The van der Waals surface area contributed by atoms with E-state index in [2.05, 4.69) is 27.7 Å². The van der Waals surface area contributed by atoms with Crippen LogP contribution in [0.4, 0.5) is 4.39 Å². The third kappa shape index (κ3) is 21.7. The lowest BCUT2D eigenvalue weighted by atomic mass is 9.49. The quantitative estimate of drug-likeness (QED) is 0.0448. The molecular weight excluding hydrogens is 768 g/mol. The minimum absolute atomic E-state index is 0.0504. The van der Waals surface area contributed by atoms with Crippen LogP contribution in [-0.2, 0) is 14.4 Å². The molecule has 0 amide bonds. The van der Waals surface area contributed by atoms with E-state index in [1.165, 1.54) is 51.4 Å². The highest BCUT2D eigenvalue weighted by molar-refractivity contribution is 5.97. The Morgan fingerprint density at radius 1 is 0.361 bits per heavy atom. The SMILES string of the molecule is CCCCCCCCCCCC(CCCCCCCC)C(C(=O)O)(C(CCCCCCCC)CCCCCCCCCCC)C(O)(C(=O)O)C(F)(CCCCCCC)C(=O)O. The minimum atomic E-state index is -3.70. The molecule has 0 radical (unpaired) electrons. The zero-order valence-corrected chi connectivity index (χ0v) is 40.8. The first-order valence-electron chi connectivity index (χ1n) is 26.5. The number of unbranched alkanes of at least 4 members (excludes halogenated alkanes) is 30. The fourth-order valence-electron chi connectivity index (χ4n) is 10.5. The molecule has 0 aromatic rings. The van der Waals surface area contributed by atoms with Gasteiger partial charge < -0.3 is 20.4 Å². The number of hydrogen-bond acceptors (Lipinski definition) is 4. The van der Waals surface area contributed by atoms with Gasteiger partial charge in [-0.1, -0.05) is 253 Å². The molecule has 0 aliphatic rings. The third-order valence-corrected chi connectivity index (χ3v) is 14.2. The van der Waals surface area contributed by atoms with Gasteiger partial charge in [0.05, 0.1) is 0 Å². The highest BCUT2D eigenvalue weighted by Gasteiger charge is 2.78. The topological polar surface area (TPSA) is 132 Å². The largest absolute Gasteiger partial charge is 0.481 e. The van der Waals surface area contributed by atoms with Crippen molar-refractivity contribution in [1.29, 1.82) is 0 Å². The van der Waals surface area contributed by atoms with E-state index < -0.39 is 52.8 Å². The average molecular weight is 869 g/mol. The van der Waals surface area contributed by atoms with Crippen molar-refractivity contribution in [2.75, 3.05) is 0 Å². The molecule has 4 unspecified atom stereocenters. The number of carbonyl (C=O) groups is 3. The second-order valence-electron chi connectivity index (χ2n) is 19.2. The van der Waals surface area contributed by atoms with Gasteiger partial charge in [0.25, 0.3) is 0 Å². The van der Waals surface area contributed by atoms with Crippen LogP contribution in [0.25, 0.3) is 0 Å². The predicted molar refractivity (Wildman–Crippen MR) is 254 cm³/mol. The summed E-state index contributed by atoms with van der Waals surface area (Å²) < 4.78 is 18.1. The van der Waals surface area contributed by atoms with Crippen LogP contribution in [0.3, 0.4) is 0 Å². The lowest BCUT2D eigenvalue weighted by Gasteiger charge is -2.54. The lowest BCUT2D eigenvalue weighted by molar-refractivity contribution is -0.245. The maximum atomic E-state index is 18.1. The van der Waals surface area contributed by atoms with Crippen LogP contribution in [0.15, 0.2) is 0 Å². The van der Waals surface area contributed by atoms with E-state index >= 15 is 4.39 Å². The molecule has 0 aromatic heterocycles. The summed E-state index contributed by atoms with van der Waals surface area (Å²) in [5.74, 6) is -7.46. The molecule has 0 rings (SSSR count). The standard InChI is InChI=1S/C53H101FO7/c1-6-11-16-21-25-27-29-33-38-43-46(41-36-31-23-18-13-8-3)52(49(57)58,53(61,50(59)60)51(54,48(55)56)45-40-35-20-15-10-5)47(42-37-32-24-19-14-9-4)44-39-34-30-28-26-22-17-12-7-2/h46-47,61H,6-45H2,1-5H3,(H,55,56)(H,57,58)(H,59,60). The molecule has 0 bridgehead atoms. The zero-order chi connectivity index (χ0) is 45.7. The zero-order valence-electron chi connectivity index (χ0n) is 40.8. The molecule has 0 spiro atoms. The van der Waals surface area contributed by atoms with Gasteiger partial charge in [-0.15, -0.1) is 0 Å². The van der Waals surface area contributed by atoms with E-state index in [9.17, 15) is 34.8 Å². The van der Waals surface area contributed by atoms with Crippen molar-refractivity contribution >= 4 is 17.9 Å². The molecule has 0 aliphatic carbocycles. The Bertz CT molecular complexity index is 1030. The van der Waals surface area contributed by atoms with E-state index in [0.29, 0.717) is 57.8 Å². The molecule has 0 saturated heterocycles. The Hall–Kier alpha value is -1.70. The van der Waals surface area contributed by atoms with Crippen LogP contribution in [0, 0.1) is 17.3 Å². The second-order valence-corrected chi connectivity index (χ2v) is 19.2. The van der Waals surface area contributed by atoms with Crippen LogP contribution in [0.1, 0.15) is 291 Å². The van der Waals surface area contributed by atoms with Gasteiger partial charge in [-0.25, -0.2) is 14.0 Å². The summed E-state index contributed by atoms with van der Waals surface area (Å²) in [6.07, 6.45) is 33.8. The number of hydrogen-bond donors (Lipinski definition) is 4. The molecular formula is C53H101FO7. The molecule has 4 atom stereocenters. The summed E-state index contributed by atoms with van der Waals surface area (Å²) in [6.45, 7) is 10.8. The highest BCUT2D eigenvalue weighted by Crippen LogP contribution is 2.58. The molecule has 4 N–H and O–H groups in total. The van der Waals surface area contributed by atoms with Crippen molar-refractivity contribution in [2.24, 2.45) is 17.3 Å². The number of carboxylic acids is 3. The fraction of sp³-hybridized carbons (Fsp3) is 0.943. The maximum absolute atomic E-state index is 18.1. The molecule has 0 aliphatic heterocycles. The molecule has 0 saturated carbocycles. The molecule has 0 aromatic carbocycles. The van der Waals surface area contributed by atoms with Gasteiger partial charge in [0.1, 0.15) is 5.41 Å². The predicted octanol–water partition coefficient (Wildman–Crippen LogP) is 16.6. The molecule has 8 heteroatoms. The summed E-state index contributed by atoms with van der Waals surface area (Å²) >= 11 is 0.